The zero-order chi connectivity index (χ0) is 14.5. The Balaban J connectivity index is 1.90. The van der Waals surface area contributed by atoms with Crippen molar-refractivity contribution in [3.8, 4) is 0 Å². The molecule has 0 fully saturated rings. The lowest BCUT2D eigenvalue weighted by Gasteiger charge is -2.13. The molecule has 1 atom stereocenters. The van der Waals surface area contributed by atoms with Crippen LogP contribution in [0.25, 0.3) is 0 Å². The highest BCUT2D eigenvalue weighted by atomic mass is 35.5. The molecule has 1 aromatic carbocycles. The number of hydrogen-bond donors (Lipinski definition) is 2. The number of amides is 1. The zero-order valence-electron chi connectivity index (χ0n) is 10.8. The number of carbonyl (C=O) groups excluding carboxylic acids is 1. The van der Waals surface area contributed by atoms with E-state index in [1.807, 2.05) is 18.4 Å². The highest BCUT2D eigenvalue weighted by Crippen LogP contribution is 2.29. The lowest BCUT2D eigenvalue weighted by Crippen LogP contribution is -2.30. The van der Waals surface area contributed by atoms with Gasteiger partial charge in [0.25, 0.3) is 0 Å². The Labute approximate surface area is 131 Å². The quantitative estimate of drug-likeness (QED) is 0.856. The Bertz CT molecular complexity index is 567. The number of thiophene rings is 1. The van der Waals surface area contributed by atoms with Crippen molar-refractivity contribution in [2.24, 2.45) is 0 Å². The van der Waals surface area contributed by atoms with Gasteiger partial charge in [0.1, 0.15) is 0 Å². The fourth-order valence-corrected chi connectivity index (χ4v) is 2.93. The minimum absolute atomic E-state index is 0.119. The minimum atomic E-state index is -0.179. The van der Waals surface area contributed by atoms with Crippen LogP contribution in [0, 0.1) is 0 Å². The average molecular weight is 329 g/mol. The second-order valence-electron chi connectivity index (χ2n) is 4.30. The summed E-state index contributed by atoms with van der Waals surface area (Å²) in [5, 5.41) is 10.8. The van der Waals surface area contributed by atoms with Crippen LogP contribution in [0.5, 0.6) is 0 Å². The van der Waals surface area contributed by atoms with Crippen LogP contribution >= 0.6 is 34.5 Å². The molecule has 0 spiro atoms. The molecule has 1 amide bonds. The van der Waals surface area contributed by atoms with Gasteiger partial charge in [-0.15, -0.1) is 0 Å². The van der Waals surface area contributed by atoms with Gasteiger partial charge in [-0.2, -0.15) is 11.3 Å². The van der Waals surface area contributed by atoms with Crippen LogP contribution in [-0.4, -0.2) is 12.5 Å². The van der Waals surface area contributed by atoms with Gasteiger partial charge in [-0.05, 0) is 41.4 Å². The number of carbonyl (C=O) groups is 1. The first-order valence-corrected chi connectivity index (χ1v) is 7.77. The van der Waals surface area contributed by atoms with Crippen LogP contribution in [0.2, 0.25) is 10.0 Å². The second-order valence-corrected chi connectivity index (χ2v) is 5.90. The van der Waals surface area contributed by atoms with E-state index in [4.69, 9.17) is 23.2 Å². The lowest BCUT2D eigenvalue weighted by atomic mass is 10.2. The van der Waals surface area contributed by atoms with Crippen molar-refractivity contribution in [3.05, 3.63) is 50.6 Å². The summed E-state index contributed by atoms with van der Waals surface area (Å²) in [5.74, 6) is -0.179. The molecule has 2 rings (SSSR count). The monoisotopic (exact) mass is 328 g/mol. The van der Waals surface area contributed by atoms with Crippen LogP contribution < -0.4 is 10.6 Å². The van der Waals surface area contributed by atoms with Crippen molar-refractivity contribution in [1.29, 1.82) is 0 Å². The minimum Gasteiger partial charge on any atom is -0.322 e. The first-order chi connectivity index (χ1) is 9.58. The molecule has 106 valence electrons. The van der Waals surface area contributed by atoms with Crippen molar-refractivity contribution in [1.82, 2.24) is 5.32 Å². The summed E-state index contributed by atoms with van der Waals surface area (Å²) in [6.07, 6.45) is 0. The van der Waals surface area contributed by atoms with E-state index in [1.165, 1.54) is 5.56 Å². The maximum absolute atomic E-state index is 11.9. The first-order valence-electron chi connectivity index (χ1n) is 6.07. The highest BCUT2D eigenvalue weighted by molar-refractivity contribution is 7.07. The molecule has 20 heavy (non-hydrogen) atoms. The van der Waals surface area contributed by atoms with Crippen molar-refractivity contribution < 1.29 is 4.79 Å². The SMILES string of the molecule is CC(NCC(=O)Nc1c(Cl)cccc1Cl)c1ccsc1. The summed E-state index contributed by atoms with van der Waals surface area (Å²) < 4.78 is 0. The largest absolute Gasteiger partial charge is 0.322 e. The number of halogens is 2. The van der Waals surface area contributed by atoms with Crippen LogP contribution in [0.15, 0.2) is 35.0 Å². The fourth-order valence-electron chi connectivity index (χ4n) is 1.69. The molecule has 0 radical (unpaired) electrons. The Hall–Kier alpha value is -1.07. The van der Waals surface area contributed by atoms with Gasteiger partial charge in [0, 0.05) is 6.04 Å². The lowest BCUT2D eigenvalue weighted by molar-refractivity contribution is -0.115. The Morgan fingerprint density at radius 1 is 1.30 bits per heavy atom. The summed E-state index contributed by atoms with van der Waals surface area (Å²) in [6.45, 7) is 2.20. The van der Waals surface area contributed by atoms with E-state index < -0.39 is 0 Å². The Morgan fingerprint density at radius 2 is 2.00 bits per heavy atom. The Morgan fingerprint density at radius 3 is 2.60 bits per heavy atom. The van der Waals surface area contributed by atoms with Crippen molar-refractivity contribution in [2.75, 3.05) is 11.9 Å². The molecule has 0 bridgehead atoms. The summed E-state index contributed by atoms with van der Waals surface area (Å²) in [7, 11) is 0. The summed E-state index contributed by atoms with van der Waals surface area (Å²) in [4.78, 5) is 11.9. The van der Waals surface area contributed by atoms with Gasteiger partial charge in [-0.3, -0.25) is 4.79 Å². The smallest absolute Gasteiger partial charge is 0.238 e. The van der Waals surface area contributed by atoms with Gasteiger partial charge in [0.15, 0.2) is 0 Å². The van der Waals surface area contributed by atoms with Crippen molar-refractivity contribution in [2.45, 2.75) is 13.0 Å². The van der Waals surface area contributed by atoms with Gasteiger partial charge >= 0.3 is 0 Å². The molecule has 0 saturated heterocycles. The van der Waals surface area contributed by atoms with Crippen LogP contribution in [-0.2, 0) is 4.79 Å². The van der Waals surface area contributed by atoms with Gasteiger partial charge in [0.05, 0.1) is 22.3 Å². The topological polar surface area (TPSA) is 41.1 Å². The van der Waals surface area contributed by atoms with Crippen LogP contribution in [0.3, 0.4) is 0 Å². The predicted octanol–water partition coefficient (Wildman–Crippen LogP) is 4.34. The van der Waals surface area contributed by atoms with E-state index in [0.29, 0.717) is 15.7 Å². The molecule has 3 nitrogen and oxygen atoms in total. The van der Waals surface area contributed by atoms with E-state index in [1.54, 1.807) is 29.5 Å². The molecular formula is C14H14Cl2N2OS. The molecule has 0 aliphatic heterocycles. The van der Waals surface area contributed by atoms with Gasteiger partial charge in [0.2, 0.25) is 5.91 Å². The highest BCUT2D eigenvalue weighted by Gasteiger charge is 2.11. The van der Waals surface area contributed by atoms with E-state index in [0.717, 1.165) is 0 Å². The number of anilines is 1. The van der Waals surface area contributed by atoms with E-state index in [9.17, 15) is 4.79 Å². The Kier molecular flexibility index (Phi) is 5.43. The molecule has 2 N–H and O–H groups in total. The summed E-state index contributed by atoms with van der Waals surface area (Å²) in [6, 6.07) is 7.26. The molecule has 6 heteroatoms. The molecule has 1 unspecified atom stereocenters. The van der Waals surface area contributed by atoms with Crippen molar-refractivity contribution in [3.63, 3.8) is 0 Å². The number of benzene rings is 1. The van der Waals surface area contributed by atoms with Gasteiger partial charge in [-0.25, -0.2) is 0 Å². The molecule has 1 heterocycles. The standard InChI is InChI=1S/C14H14Cl2N2OS/c1-9(10-5-6-20-8-10)17-7-13(19)18-14-11(15)3-2-4-12(14)16/h2-6,8-9,17H,7H2,1H3,(H,18,19). The molecule has 0 saturated carbocycles. The van der Waals surface area contributed by atoms with Crippen LogP contribution in [0.1, 0.15) is 18.5 Å². The molecular weight excluding hydrogens is 315 g/mol. The second kappa shape index (κ2) is 7.09. The van der Waals surface area contributed by atoms with Gasteiger partial charge in [-0.1, -0.05) is 29.3 Å². The molecule has 0 aliphatic rings. The number of nitrogens with one attached hydrogen (secondary N) is 2. The fraction of sp³-hybridized carbons (Fsp3) is 0.214. The van der Waals surface area contributed by atoms with Gasteiger partial charge < -0.3 is 10.6 Å². The maximum Gasteiger partial charge on any atom is 0.238 e. The number of rotatable bonds is 5. The third kappa shape index (κ3) is 3.96. The van der Waals surface area contributed by atoms with E-state index in [-0.39, 0.29) is 18.5 Å². The third-order valence-electron chi connectivity index (χ3n) is 2.84. The predicted molar refractivity (Wildman–Crippen MR) is 85.8 cm³/mol. The van der Waals surface area contributed by atoms with E-state index in [2.05, 4.69) is 16.0 Å². The first kappa shape index (κ1) is 15.3. The molecule has 2 aromatic rings. The number of hydrogen-bond acceptors (Lipinski definition) is 3. The molecule has 1 aromatic heterocycles. The number of para-hydroxylation sites is 1. The summed E-state index contributed by atoms with van der Waals surface area (Å²) >= 11 is 13.6. The average Bonchev–Trinajstić information content (AvgIpc) is 2.94. The summed E-state index contributed by atoms with van der Waals surface area (Å²) in [5.41, 5.74) is 1.62. The normalized spacial score (nSPS) is 12.2. The van der Waals surface area contributed by atoms with Crippen LogP contribution in [0.4, 0.5) is 5.69 Å². The van der Waals surface area contributed by atoms with E-state index >= 15 is 0 Å². The maximum atomic E-state index is 11.9. The third-order valence-corrected chi connectivity index (χ3v) is 4.17. The molecule has 0 aliphatic carbocycles. The zero-order valence-corrected chi connectivity index (χ0v) is 13.1. The van der Waals surface area contributed by atoms with Crippen molar-refractivity contribution >= 4 is 46.1 Å².